The average Bonchev–Trinajstić information content (AvgIpc) is 3.61. The van der Waals surface area contributed by atoms with Crippen LogP contribution in [-0.4, -0.2) is 64.3 Å². The summed E-state index contributed by atoms with van der Waals surface area (Å²) in [7, 11) is -2.36. The Balaban J connectivity index is 1.33. The van der Waals surface area contributed by atoms with Crippen molar-refractivity contribution in [1.82, 2.24) is 24.6 Å². The molecule has 42 heavy (non-hydrogen) atoms. The molecule has 4 aromatic rings. The van der Waals surface area contributed by atoms with E-state index in [9.17, 15) is 13.2 Å². The average molecular weight is 591 g/mol. The van der Waals surface area contributed by atoms with Crippen LogP contribution in [0.1, 0.15) is 30.0 Å². The molecule has 2 aromatic carbocycles. The number of rotatable bonds is 10. The highest BCUT2D eigenvalue weighted by atomic mass is 32.2. The molecule has 1 amide bonds. The molecule has 0 aliphatic carbocycles. The van der Waals surface area contributed by atoms with Gasteiger partial charge in [0.15, 0.2) is 0 Å². The second kappa shape index (κ2) is 12.3. The number of nitrogens with one attached hydrogen (secondary N) is 1. The summed E-state index contributed by atoms with van der Waals surface area (Å²) >= 11 is 0. The molecule has 5 rings (SSSR count). The van der Waals surface area contributed by atoms with Crippen LogP contribution in [0.2, 0.25) is 0 Å². The van der Waals surface area contributed by atoms with Crippen LogP contribution in [0.3, 0.4) is 0 Å². The quantitative estimate of drug-likeness (QED) is 0.295. The minimum absolute atomic E-state index is 0.0120. The van der Waals surface area contributed by atoms with Gasteiger partial charge in [-0.2, -0.15) is 10.1 Å². The molecule has 2 aromatic heterocycles. The van der Waals surface area contributed by atoms with E-state index in [1.54, 1.807) is 24.9 Å². The number of ether oxygens (including phenoxy) is 2. The standard InChI is InChI=1S/C30H34N6O5S/c1-20-9-8-10-21(2)28(20)26-15-27(33-30(32-26)34-42(38,39)25-16-31-35(4)18-25)41-24-13-14-36(17-24)29(37)22(3)40-19-23-11-6-5-7-12-23/h5-12,15-16,18,22,24H,13-14,17,19H2,1-4H3,(H,32,33,34). The van der Waals surface area contributed by atoms with Crippen LogP contribution >= 0.6 is 0 Å². The summed E-state index contributed by atoms with van der Waals surface area (Å²) in [5.74, 6) is -0.0250. The van der Waals surface area contributed by atoms with E-state index < -0.39 is 16.1 Å². The molecule has 1 aliphatic rings. The summed E-state index contributed by atoms with van der Waals surface area (Å²) in [6.45, 7) is 6.90. The highest BCUT2D eigenvalue weighted by Gasteiger charge is 2.31. The fourth-order valence-corrected chi connectivity index (χ4v) is 5.84. The van der Waals surface area contributed by atoms with E-state index in [2.05, 4.69) is 19.8 Å². The molecule has 2 atom stereocenters. The Morgan fingerprint density at radius 3 is 2.52 bits per heavy atom. The predicted octanol–water partition coefficient (Wildman–Crippen LogP) is 3.88. The fourth-order valence-electron chi connectivity index (χ4n) is 4.91. The largest absolute Gasteiger partial charge is 0.472 e. The minimum atomic E-state index is -3.99. The predicted molar refractivity (Wildman–Crippen MR) is 157 cm³/mol. The number of aromatic nitrogens is 4. The van der Waals surface area contributed by atoms with Crippen molar-refractivity contribution in [1.29, 1.82) is 0 Å². The molecule has 1 N–H and O–H groups in total. The number of carbonyl (C=O) groups excluding carboxylic acids is 1. The smallest absolute Gasteiger partial charge is 0.267 e. The van der Waals surface area contributed by atoms with Crippen molar-refractivity contribution >= 4 is 21.9 Å². The topological polar surface area (TPSA) is 129 Å². The number of amides is 1. The number of benzene rings is 2. The van der Waals surface area contributed by atoms with Crippen LogP contribution in [0.5, 0.6) is 5.88 Å². The molecule has 0 radical (unpaired) electrons. The highest BCUT2D eigenvalue weighted by Crippen LogP contribution is 2.30. The van der Waals surface area contributed by atoms with Crippen LogP contribution in [-0.2, 0) is 33.2 Å². The van der Waals surface area contributed by atoms with Gasteiger partial charge in [0.05, 0.1) is 25.0 Å². The Morgan fingerprint density at radius 1 is 1.10 bits per heavy atom. The van der Waals surface area contributed by atoms with Gasteiger partial charge < -0.3 is 14.4 Å². The van der Waals surface area contributed by atoms with E-state index in [1.165, 1.54) is 17.1 Å². The maximum absolute atomic E-state index is 13.1. The first kappa shape index (κ1) is 29.2. The summed E-state index contributed by atoms with van der Waals surface area (Å²) in [4.78, 5) is 23.7. The molecule has 0 saturated carbocycles. The van der Waals surface area contributed by atoms with Crippen molar-refractivity contribution < 1.29 is 22.7 Å². The number of sulfonamides is 1. The Labute approximate surface area is 245 Å². The lowest BCUT2D eigenvalue weighted by atomic mass is 10.00. The Morgan fingerprint density at radius 2 is 1.83 bits per heavy atom. The van der Waals surface area contributed by atoms with E-state index in [0.717, 1.165) is 22.3 Å². The molecule has 1 aliphatic heterocycles. The third-order valence-corrected chi connectivity index (χ3v) is 8.37. The lowest BCUT2D eigenvalue weighted by Gasteiger charge is -2.21. The minimum Gasteiger partial charge on any atom is -0.472 e. The van der Waals surface area contributed by atoms with Gasteiger partial charge in [0.25, 0.3) is 15.9 Å². The number of anilines is 1. The molecule has 3 heterocycles. The van der Waals surface area contributed by atoms with Crippen molar-refractivity contribution in [3.05, 3.63) is 83.7 Å². The monoisotopic (exact) mass is 590 g/mol. The maximum atomic E-state index is 13.1. The summed E-state index contributed by atoms with van der Waals surface area (Å²) in [6, 6.07) is 17.3. The molecule has 2 unspecified atom stereocenters. The van der Waals surface area contributed by atoms with E-state index in [1.807, 2.05) is 62.4 Å². The molecule has 1 fully saturated rings. The number of nitrogens with zero attached hydrogens (tertiary/aromatic N) is 5. The van der Waals surface area contributed by atoms with Gasteiger partial charge in [-0.05, 0) is 37.5 Å². The van der Waals surface area contributed by atoms with Crippen molar-refractivity contribution in [3.8, 4) is 17.1 Å². The summed E-state index contributed by atoms with van der Waals surface area (Å²) in [5, 5.41) is 3.95. The molecular weight excluding hydrogens is 556 g/mol. The first-order valence-corrected chi connectivity index (χ1v) is 15.2. The SMILES string of the molecule is Cc1cccc(C)c1-c1cc(OC2CCN(C(=O)C(C)OCc3ccccc3)C2)nc(NS(=O)(=O)c2cnn(C)c2)n1. The molecule has 220 valence electrons. The van der Waals surface area contributed by atoms with Gasteiger partial charge in [-0.25, -0.2) is 18.1 Å². The van der Waals surface area contributed by atoms with Gasteiger partial charge in [-0.3, -0.25) is 9.48 Å². The van der Waals surface area contributed by atoms with Crippen molar-refractivity contribution in [2.45, 2.75) is 50.9 Å². The third-order valence-electron chi connectivity index (χ3n) is 7.09. The fraction of sp³-hybridized carbons (Fsp3) is 0.333. The lowest BCUT2D eigenvalue weighted by molar-refractivity contribution is -0.142. The van der Waals surface area contributed by atoms with E-state index >= 15 is 0 Å². The van der Waals surface area contributed by atoms with Gasteiger partial charge in [0.1, 0.15) is 17.1 Å². The highest BCUT2D eigenvalue weighted by molar-refractivity contribution is 7.92. The lowest BCUT2D eigenvalue weighted by Crippen LogP contribution is -2.38. The number of aryl methyl sites for hydroxylation is 3. The van der Waals surface area contributed by atoms with E-state index in [-0.39, 0.29) is 28.7 Å². The van der Waals surface area contributed by atoms with Crippen LogP contribution in [0.15, 0.2) is 71.9 Å². The van der Waals surface area contributed by atoms with Gasteiger partial charge in [-0.1, -0.05) is 48.5 Å². The number of carbonyl (C=O) groups is 1. The van der Waals surface area contributed by atoms with Crippen LogP contribution < -0.4 is 9.46 Å². The van der Waals surface area contributed by atoms with Crippen molar-refractivity contribution in [2.24, 2.45) is 7.05 Å². The zero-order valence-corrected chi connectivity index (χ0v) is 24.8. The first-order chi connectivity index (χ1) is 20.1. The molecule has 0 spiro atoms. The Hall–Kier alpha value is -4.29. The molecule has 11 nitrogen and oxygen atoms in total. The van der Waals surface area contributed by atoms with Gasteiger partial charge >= 0.3 is 0 Å². The maximum Gasteiger partial charge on any atom is 0.267 e. The summed E-state index contributed by atoms with van der Waals surface area (Å²) < 4.78 is 42.0. The molecular formula is C30H34N6O5S. The van der Waals surface area contributed by atoms with Gasteiger partial charge in [0.2, 0.25) is 11.8 Å². The Kier molecular flexibility index (Phi) is 8.55. The number of likely N-dealkylation sites (tertiary alicyclic amines) is 1. The zero-order valence-electron chi connectivity index (χ0n) is 24.0. The van der Waals surface area contributed by atoms with E-state index in [0.29, 0.717) is 31.8 Å². The number of hydrogen-bond acceptors (Lipinski definition) is 8. The summed E-state index contributed by atoms with van der Waals surface area (Å²) in [6.07, 6.45) is 2.30. The third kappa shape index (κ3) is 6.77. The molecule has 12 heteroatoms. The van der Waals surface area contributed by atoms with E-state index in [4.69, 9.17) is 9.47 Å². The van der Waals surface area contributed by atoms with Crippen molar-refractivity contribution in [3.63, 3.8) is 0 Å². The Bertz CT molecular complexity index is 1650. The van der Waals surface area contributed by atoms with Crippen LogP contribution in [0.4, 0.5) is 5.95 Å². The summed E-state index contributed by atoms with van der Waals surface area (Å²) in [5.41, 5.74) is 4.33. The normalized spacial score (nSPS) is 15.9. The molecule has 0 bridgehead atoms. The van der Waals surface area contributed by atoms with Crippen LogP contribution in [0, 0.1) is 13.8 Å². The van der Waals surface area contributed by atoms with Gasteiger partial charge in [0, 0.05) is 37.8 Å². The number of hydrogen-bond donors (Lipinski definition) is 1. The molecule has 1 saturated heterocycles. The van der Waals surface area contributed by atoms with Gasteiger partial charge in [-0.15, -0.1) is 0 Å². The zero-order chi connectivity index (χ0) is 29.9. The van der Waals surface area contributed by atoms with Crippen molar-refractivity contribution in [2.75, 3.05) is 17.8 Å². The second-order valence-corrected chi connectivity index (χ2v) is 12.1. The first-order valence-electron chi connectivity index (χ1n) is 13.7. The van der Waals surface area contributed by atoms with Crippen LogP contribution in [0.25, 0.3) is 11.3 Å². The second-order valence-electron chi connectivity index (χ2n) is 10.4.